The van der Waals surface area contributed by atoms with Gasteiger partial charge >= 0.3 is 0 Å². The maximum absolute atomic E-state index is 5.20. The van der Waals surface area contributed by atoms with Gasteiger partial charge in [0.15, 0.2) is 0 Å². The number of rotatable bonds is 2. The van der Waals surface area contributed by atoms with Crippen molar-refractivity contribution in [1.29, 1.82) is 0 Å². The van der Waals surface area contributed by atoms with E-state index in [1.165, 1.54) is 11.1 Å². The van der Waals surface area contributed by atoms with Crippen molar-refractivity contribution in [2.75, 3.05) is 7.11 Å². The van der Waals surface area contributed by atoms with Crippen LogP contribution in [0.4, 0.5) is 0 Å². The minimum Gasteiger partial charge on any atom is -0.497 e. The first kappa shape index (κ1) is 19.3. The first-order valence-corrected chi connectivity index (χ1v) is 9.44. The fourth-order valence-corrected chi connectivity index (χ4v) is 2.83. The molecule has 0 amide bonds. The topological polar surface area (TPSA) is 9.23 Å². The van der Waals surface area contributed by atoms with Crippen LogP contribution in [0.2, 0.25) is 0 Å². The average molecular weight is 364 g/mol. The Kier molecular flexibility index (Phi) is 6.21. The van der Waals surface area contributed by atoms with E-state index in [1.54, 1.807) is 7.11 Å². The zero-order valence-corrected chi connectivity index (χ0v) is 16.8. The molecule has 3 aromatic carbocycles. The summed E-state index contributed by atoms with van der Waals surface area (Å²) >= 11 is 0. The number of hydrogen-bond donors (Lipinski definition) is 0. The van der Waals surface area contributed by atoms with Gasteiger partial charge in [-0.1, -0.05) is 55.2 Å². The Morgan fingerprint density at radius 1 is 0.679 bits per heavy atom. The van der Waals surface area contributed by atoms with Gasteiger partial charge in [-0.3, -0.25) is 0 Å². The SMILES string of the molecule is COc1ccc(C#Cc2ccc(C#Cc3ccc(C)cc3)cc2C(C)C)cc1. The Hall–Kier alpha value is -3.42. The van der Waals surface area contributed by atoms with Crippen molar-refractivity contribution in [3.63, 3.8) is 0 Å². The second kappa shape index (κ2) is 8.98. The molecule has 0 atom stereocenters. The van der Waals surface area contributed by atoms with E-state index in [1.807, 2.05) is 30.3 Å². The molecule has 0 aliphatic rings. The van der Waals surface area contributed by atoms with Gasteiger partial charge in [0.1, 0.15) is 5.75 Å². The highest BCUT2D eigenvalue weighted by atomic mass is 16.5. The summed E-state index contributed by atoms with van der Waals surface area (Å²) in [5.41, 5.74) is 6.52. The largest absolute Gasteiger partial charge is 0.497 e. The zero-order chi connectivity index (χ0) is 19.9. The number of benzene rings is 3. The van der Waals surface area contributed by atoms with Gasteiger partial charge < -0.3 is 4.74 Å². The molecule has 0 fully saturated rings. The number of methoxy groups -OCH3 is 1. The van der Waals surface area contributed by atoms with E-state index < -0.39 is 0 Å². The standard InChI is InChI=1S/C27H24O/c1-20(2)27-19-24(10-9-22-7-5-21(3)6-8-22)12-16-25(27)15-11-23-13-17-26(28-4)18-14-23/h5-8,12-14,16-20H,1-4H3. The predicted octanol–water partition coefficient (Wildman–Crippen LogP) is 5.93. The Morgan fingerprint density at radius 2 is 1.21 bits per heavy atom. The van der Waals surface area contributed by atoms with E-state index >= 15 is 0 Å². The average Bonchev–Trinajstić information content (AvgIpc) is 2.72. The van der Waals surface area contributed by atoms with Crippen molar-refractivity contribution in [3.05, 3.63) is 100 Å². The van der Waals surface area contributed by atoms with Crippen LogP contribution in [0.1, 0.15) is 53.1 Å². The third-order valence-corrected chi connectivity index (χ3v) is 4.51. The van der Waals surface area contributed by atoms with Crippen LogP contribution in [0.25, 0.3) is 0 Å². The van der Waals surface area contributed by atoms with Crippen molar-refractivity contribution in [3.8, 4) is 29.4 Å². The quantitative estimate of drug-likeness (QED) is 0.512. The molecule has 3 rings (SSSR count). The van der Waals surface area contributed by atoms with E-state index in [0.29, 0.717) is 5.92 Å². The van der Waals surface area contributed by atoms with E-state index in [9.17, 15) is 0 Å². The molecular formula is C27H24O. The van der Waals surface area contributed by atoms with Gasteiger partial charge in [-0.05, 0) is 73.0 Å². The van der Waals surface area contributed by atoms with Gasteiger partial charge in [0, 0.05) is 22.3 Å². The van der Waals surface area contributed by atoms with E-state index in [4.69, 9.17) is 4.74 Å². The van der Waals surface area contributed by atoms with Crippen LogP contribution in [0.5, 0.6) is 5.75 Å². The van der Waals surface area contributed by atoms with Crippen molar-refractivity contribution >= 4 is 0 Å². The molecule has 0 N–H and O–H groups in total. The summed E-state index contributed by atoms with van der Waals surface area (Å²) in [4.78, 5) is 0. The van der Waals surface area contributed by atoms with Gasteiger partial charge in [0.05, 0.1) is 7.11 Å². The van der Waals surface area contributed by atoms with Gasteiger partial charge in [-0.2, -0.15) is 0 Å². The van der Waals surface area contributed by atoms with E-state index in [0.717, 1.165) is 28.0 Å². The first-order chi connectivity index (χ1) is 13.5. The summed E-state index contributed by atoms with van der Waals surface area (Å²) in [6.07, 6.45) is 0. The van der Waals surface area contributed by atoms with Crippen molar-refractivity contribution in [2.45, 2.75) is 26.7 Å². The Labute approximate surface area is 168 Å². The summed E-state index contributed by atoms with van der Waals surface area (Å²) in [5.74, 6) is 14.3. The van der Waals surface area contributed by atoms with Crippen LogP contribution in [0, 0.1) is 30.6 Å². The Balaban J connectivity index is 1.87. The van der Waals surface area contributed by atoms with Gasteiger partial charge in [-0.25, -0.2) is 0 Å². The minimum absolute atomic E-state index is 0.376. The molecule has 0 radical (unpaired) electrons. The fourth-order valence-electron chi connectivity index (χ4n) is 2.83. The lowest BCUT2D eigenvalue weighted by Crippen LogP contribution is -1.94. The Morgan fingerprint density at radius 3 is 1.82 bits per heavy atom. The lowest BCUT2D eigenvalue weighted by Gasteiger charge is -2.09. The van der Waals surface area contributed by atoms with Crippen LogP contribution in [0.3, 0.4) is 0 Å². The van der Waals surface area contributed by atoms with Crippen molar-refractivity contribution in [1.82, 2.24) is 0 Å². The Bertz CT molecular complexity index is 1060. The maximum Gasteiger partial charge on any atom is 0.118 e. The second-order valence-corrected chi connectivity index (χ2v) is 7.05. The minimum atomic E-state index is 0.376. The fraction of sp³-hybridized carbons (Fsp3) is 0.185. The third kappa shape index (κ3) is 5.06. The maximum atomic E-state index is 5.20. The monoisotopic (exact) mass is 364 g/mol. The third-order valence-electron chi connectivity index (χ3n) is 4.51. The van der Waals surface area contributed by atoms with Gasteiger partial charge in [0.2, 0.25) is 0 Å². The highest BCUT2D eigenvalue weighted by Gasteiger charge is 2.06. The smallest absolute Gasteiger partial charge is 0.118 e. The number of hydrogen-bond acceptors (Lipinski definition) is 1. The summed E-state index contributed by atoms with van der Waals surface area (Å²) in [6.45, 7) is 6.45. The molecule has 0 saturated heterocycles. The second-order valence-electron chi connectivity index (χ2n) is 7.05. The molecule has 0 heterocycles. The number of ether oxygens (including phenoxy) is 1. The lowest BCUT2D eigenvalue weighted by atomic mass is 9.95. The molecule has 138 valence electrons. The summed E-state index contributed by atoms with van der Waals surface area (Å²) in [7, 11) is 1.67. The highest BCUT2D eigenvalue weighted by Crippen LogP contribution is 2.21. The van der Waals surface area contributed by atoms with Crippen molar-refractivity contribution in [2.24, 2.45) is 0 Å². The normalized spacial score (nSPS) is 9.89. The molecule has 0 bridgehead atoms. The summed E-state index contributed by atoms with van der Waals surface area (Å²) in [5, 5.41) is 0. The molecular weight excluding hydrogens is 340 g/mol. The summed E-state index contributed by atoms with van der Waals surface area (Å²) < 4.78 is 5.20. The molecule has 28 heavy (non-hydrogen) atoms. The van der Waals surface area contributed by atoms with E-state index in [2.05, 4.69) is 80.9 Å². The van der Waals surface area contributed by atoms with Gasteiger partial charge in [0.25, 0.3) is 0 Å². The summed E-state index contributed by atoms with van der Waals surface area (Å²) in [6, 6.07) is 22.4. The molecule has 0 saturated carbocycles. The van der Waals surface area contributed by atoms with Crippen LogP contribution in [-0.2, 0) is 0 Å². The molecule has 0 aliphatic carbocycles. The molecule has 0 unspecified atom stereocenters. The lowest BCUT2D eigenvalue weighted by molar-refractivity contribution is 0.415. The van der Waals surface area contributed by atoms with Crippen LogP contribution in [0.15, 0.2) is 66.7 Å². The van der Waals surface area contributed by atoms with Crippen LogP contribution >= 0.6 is 0 Å². The van der Waals surface area contributed by atoms with Crippen LogP contribution < -0.4 is 4.74 Å². The van der Waals surface area contributed by atoms with Gasteiger partial charge in [-0.15, -0.1) is 0 Å². The zero-order valence-electron chi connectivity index (χ0n) is 16.8. The molecule has 1 nitrogen and oxygen atoms in total. The molecule has 0 spiro atoms. The molecule has 0 aliphatic heterocycles. The van der Waals surface area contributed by atoms with Crippen molar-refractivity contribution < 1.29 is 4.74 Å². The molecule has 1 heteroatoms. The number of aryl methyl sites for hydroxylation is 1. The predicted molar refractivity (Wildman–Crippen MR) is 117 cm³/mol. The molecule has 3 aromatic rings. The van der Waals surface area contributed by atoms with Crippen LogP contribution in [-0.4, -0.2) is 7.11 Å². The van der Waals surface area contributed by atoms with E-state index in [-0.39, 0.29) is 0 Å². The first-order valence-electron chi connectivity index (χ1n) is 9.44. The molecule has 0 aromatic heterocycles. The highest BCUT2D eigenvalue weighted by molar-refractivity contribution is 5.53.